The number of halogens is 2. The summed E-state index contributed by atoms with van der Waals surface area (Å²) >= 11 is 12.2. The molecule has 0 spiro atoms. The number of nitrogens with zero attached hydrogens (tertiary/aromatic N) is 2. The number of nitrogen functional groups attached to an aromatic ring is 1. The Balaban J connectivity index is 2.37. The Morgan fingerprint density at radius 1 is 1.23 bits per heavy atom. The van der Waals surface area contributed by atoms with Crippen molar-refractivity contribution in [1.82, 2.24) is 9.97 Å². The van der Waals surface area contributed by atoms with Crippen LogP contribution in [0.25, 0.3) is 0 Å². The van der Waals surface area contributed by atoms with Crippen molar-refractivity contribution in [3.05, 3.63) is 34.1 Å². The van der Waals surface area contributed by atoms with E-state index in [1.807, 2.05) is 13.8 Å². The van der Waals surface area contributed by atoms with E-state index in [9.17, 15) is 5.11 Å². The molecule has 22 heavy (non-hydrogen) atoms. The minimum absolute atomic E-state index is 0.0514. The van der Waals surface area contributed by atoms with Crippen molar-refractivity contribution in [3.8, 4) is 17.5 Å². The Morgan fingerprint density at radius 2 is 1.82 bits per heavy atom. The molecule has 0 aliphatic rings. The summed E-state index contributed by atoms with van der Waals surface area (Å²) in [5.74, 6) is 0.414. The van der Waals surface area contributed by atoms with Gasteiger partial charge in [0, 0.05) is 11.6 Å². The SMILES string of the molecule is CCC(CC)c1nc(Oc2c(Cl)cc(N)cc2Cl)ncc1O. The van der Waals surface area contributed by atoms with Crippen molar-refractivity contribution in [3.63, 3.8) is 0 Å². The number of hydrogen-bond acceptors (Lipinski definition) is 5. The minimum Gasteiger partial charge on any atom is -0.504 e. The number of benzene rings is 1. The molecule has 0 bridgehead atoms. The molecule has 2 rings (SSSR count). The molecule has 0 radical (unpaired) electrons. The number of anilines is 1. The van der Waals surface area contributed by atoms with Crippen LogP contribution in [-0.2, 0) is 0 Å². The van der Waals surface area contributed by atoms with E-state index < -0.39 is 0 Å². The summed E-state index contributed by atoms with van der Waals surface area (Å²) in [6.07, 6.45) is 3.02. The second-order valence-electron chi connectivity index (χ2n) is 4.85. The fourth-order valence-electron chi connectivity index (χ4n) is 2.16. The smallest absolute Gasteiger partial charge is 0.322 e. The molecule has 0 aliphatic heterocycles. The van der Waals surface area contributed by atoms with Crippen molar-refractivity contribution >= 4 is 28.9 Å². The zero-order valence-electron chi connectivity index (χ0n) is 12.3. The zero-order chi connectivity index (χ0) is 16.3. The fraction of sp³-hybridized carbons (Fsp3) is 0.333. The number of rotatable bonds is 5. The Morgan fingerprint density at radius 3 is 2.36 bits per heavy atom. The predicted molar refractivity (Wildman–Crippen MR) is 88.0 cm³/mol. The summed E-state index contributed by atoms with van der Waals surface area (Å²) in [6.45, 7) is 4.06. The first-order valence-corrected chi connectivity index (χ1v) is 7.70. The summed E-state index contributed by atoms with van der Waals surface area (Å²) in [4.78, 5) is 8.24. The van der Waals surface area contributed by atoms with Crippen molar-refractivity contribution in [2.24, 2.45) is 0 Å². The van der Waals surface area contributed by atoms with E-state index >= 15 is 0 Å². The quantitative estimate of drug-likeness (QED) is 0.765. The summed E-state index contributed by atoms with van der Waals surface area (Å²) in [7, 11) is 0. The third kappa shape index (κ3) is 3.54. The van der Waals surface area contributed by atoms with Gasteiger partial charge in [0.2, 0.25) is 0 Å². The summed E-state index contributed by atoms with van der Waals surface area (Å²) < 4.78 is 5.58. The second kappa shape index (κ2) is 7.03. The Labute approximate surface area is 139 Å². The average molecular weight is 342 g/mol. The van der Waals surface area contributed by atoms with Gasteiger partial charge in [0.15, 0.2) is 11.5 Å². The maximum atomic E-state index is 9.93. The molecule has 0 unspecified atom stereocenters. The molecule has 1 aromatic heterocycles. The molecule has 3 N–H and O–H groups in total. The lowest BCUT2D eigenvalue weighted by atomic mass is 9.99. The molecule has 118 valence electrons. The molecule has 0 fully saturated rings. The van der Waals surface area contributed by atoms with Crippen LogP contribution in [0.4, 0.5) is 5.69 Å². The maximum Gasteiger partial charge on any atom is 0.322 e. The van der Waals surface area contributed by atoms with Crippen LogP contribution in [-0.4, -0.2) is 15.1 Å². The van der Waals surface area contributed by atoms with Gasteiger partial charge in [0.25, 0.3) is 0 Å². The number of ether oxygens (including phenoxy) is 1. The Bertz CT molecular complexity index is 653. The lowest BCUT2D eigenvalue weighted by molar-refractivity contribution is 0.411. The molecule has 0 saturated carbocycles. The predicted octanol–water partition coefficient (Wildman–Crippen LogP) is 4.77. The topological polar surface area (TPSA) is 81.3 Å². The third-order valence-corrected chi connectivity index (χ3v) is 3.92. The van der Waals surface area contributed by atoms with Gasteiger partial charge in [-0.25, -0.2) is 0 Å². The molecule has 0 amide bonds. The molecule has 0 aliphatic carbocycles. The van der Waals surface area contributed by atoms with Crippen molar-refractivity contribution in [2.75, 3.05) is 5.73 Å². The Kier molecular flexibility index (Phi) is 5.32. The standard InChI is InChI=1S/C15H17Cl2N3O2/c1-3-8(4-2)13-12(21)7-19-15(20-13)22-14-10(16)5-9(18)6-11(14)17/h5-8,21H,3-4,18H2,1-2H3. The second-order valence-corrected chi connectivity index (χ2v) is 5.67. The number of hydrogen-bond donors (Lipinski definition) is 2. The van der Waals surface area contributed by atoms with E-state index in [-0.39, 0.29) is 33.5 Å². The molecular formula is C15H17Cl2N3O2. The first kappa shape index (κ1) is 16.6. The van der Waals surface area contributed by atoms with Gasteiger partial charge in [-0.05, 0) is 25.0 Å². The first-order chi connectivity index (χ1) is 10.5. The zero-order valence-corrected chi connectivity index (χ0v) is 13.8. The normalized spacial score (nSPS) is 11.0. The van der Waals surface area contributed by atoms with E-state index in [4.69, 9.17) is 33.7 Å². The van der Waals surface area contributed by atoms with Gasteiger partial charge in [-0.3, -0.25) is 0 Å². The molecular weight excluding hydrogens is 325 g/mol. The highest BCUT2D eigenvalue weighted by molar-refractivity contribution is 6.37. The molecule has 1 aromatic carbocycles. The van der Waals surface area contributed by atoms with Crippen LogP contribution in [0.5, 0.6) is 17.5 Å². The maximum absolute atomic E-state index is 9.93. The largest absolute Gasteiger partial charge is 0.504 e. The van der Waals surface area contributed by atoms with E-state index in [1.165, 1.54) is 18.3 Å². The average Bonchev–Trinajstić information content (AvgIpc) is 2.47. The van der Waals surface area contributed by atoms with Crippen LogP contribution in [0.2, 0.25) is 10.0 Å². The molecule has 2 aromatic rings. The lowest BCUT2D eigenvalue weighted by Gasteiger charge is -2.14. The highest BCUT2D eigenvalue weighted by Gasteiger charge is 2.17. The van der Waals surface area contributed by atoms with E-state index in [1.54, 1.807) is 0 Å². The first-order valence-electron chi connectivity index (χ1n) is 6.94. The Hall–Kier alpha value is -1.72. The van der Waals surface area contributed by atoms with Crippen LogP contribution in [0, 0.1) is 0 Å². The van der Waals surface area contributed by atoms with Crippen LogP contribution in [0.1, 0.15) is 38.3 Å². The monoisotopic (exact) mass is 341 g/mol. The highest BCUT2D eigenvalue weighted by atomic mass is 35.5. The molecule has 0 saturated heterocycles. The van der Waals surface area contributed by atoms with Gasteiger partial charge in [-0.2, -0.15) is 9.97 Å². The van der Waals surface area contributed by atoms with E-state index in [0.717, 1.165) is 12.8 Å². The van der Waals surface area contributed by atoms with Gasteiger partial charge in [-0.15, -0.1) is 0 Å². The summed E-state index contributed by atoms with van der Waals surface area (Å²) in [5, 5.41) is 10.5. The third-order valence-electron chi connectivity index (χ3n) is 3.36. The molecule has 7 heteroatoms. The van der Waals surface area contributed by atoms with Gasteiger partial charge in [-0.1, -0.05) is 37.0 Å². The van der Waals surface area contributed by atoms with Gasteiger partial charge in [0.05, 0.1) is 21.9 Å². The van der Waals surface area contributed by atoms with Gasteiger partial charge in [0.1, 0.15) is 0 Å². The van der Waals surface area contributed by atoms with E-state index in [2.05, 4.69) is 9.97 Å². The molecule has 5 nitrogen and oxygen atoms in total. The molecule has 1 heterocycles. The van der Waals surface area contributed by atoms with Crippen LogP contribution >= 0.6 is 23.2 Å². The van der Waals surface area contributed by atoms with Crippen molar-refractivity contribution in [1.29, 1.82) is 0 Å². The van der Waals surface area contributed by atoms with Crippen molar-refractivity contribution < 1.29 is 9.84 Å². The molecule has 0 atom stereocenters. The van der Waals surface area contributed by atoms with Gasteiger partial charge < -0.3 is 15.6 Å². The van der Waals surface area contributed by atoms with Crippen LogP contribution < -0.4 is 10.5 Å². The van der Waals surface area contributed by atoms with Crippen LogP contribution in [0.15, 0.2) is 18.3 Å². The number of aromatic hydroxyl groups is 1. The summed E-state index contributed by atoms with van der Waals surface area (Å²) in [6, 6.07) is 3.14. The van der Waals surface area contributed by atoms with Gasteiger partial charge >= 0.3 is 6.01 Å². The van der Waals surface area contributed by atoms with Crippen molar-refractivity contribution in [2.45, 2.75) is 32.6 Å². The highest BCUT2D eigenvalue weighted by Crippen LogP contribution is 2.38. The van der Waals surface area contributed by atoms with Crippen LogP contribution in [0.3, 0.4) is 0 Å². The number of nitrogens with two attached hydrogens (primary N) is 1. The summed E-state index contributed by atoms with van der Waals surface area (Å²) in [5.41, 5.74) is 6.64. The minimum atomic E-state index is 0.0514. The van der Waals surface area contributed by atoms with E-state index in [0.29, 0.717) is 11.4 Å². The lowest BCUT2D eigenvalue weighted by Crippen LogP contribution is -2.03. The number of aromatic nitrogens is 2. The fourth-order valence-corrected chi connectivity index (χ4v) is 2.75.